The third-order valence-electron chi connectivity index (χ3n) is 6.58. The molecule has 0 atom stereocenters. The largest absolute Gasteiger partial charge is 0.385 e. The summed E-state index contributed by atoms with van der Waals surface area (Å²) in [4.78, 5) is 24.4. The standard InChI is InChI=1S/C31H29N7OS2/c1-3-34-24-13-11-22(19-33)17-25(24)36-31-38(20-21-9-5-4-6-10-21)29(39)28(41-31)30-37(2)26-14-12-23(18-27(26)40-30)35-16-8-7-15-32/h4-6,9-14,17-18,34-35H,3,7-8,16,20H2,1-2H3/b30-28-,36-31?. The van der Waals surface area contributed by atoms with Crippen LogP contribution in [0.5, 0.6) is 0 Å². The Balaban J connectivity index is 1.50. The van der Waals surface area contributed by atoms with E-state index in [4.69, 9.17) is 10.3 Å². The number of anilines is 3. The first-order valence-electron chi connectivity index (χ1n) is 13.3. The normalized spacial score (nSPS) is 17.0. The smallest absolute Gasteiger partial charge is 0.269 e. The van der Waals surface area contributed by atoms with Crippen molar-refractivity contribution in [2.75, 3.05) is 35.7 Å². The third-order valence-corrected chi connectivity index (χ3v) is 8.99. The van der Waals surface area contributed by atoms with E-state index in [-0.39, 0.29) is 5.91 Å². The van der Waals surface area contributed by atoms with Gasteiger partial charge in [-0.05, 0) is 67.1 Å². The minimum Gasteiger partial charge on any atom is -0.385 e. The van der Waals surface area contributed by atoms with Crippen molar-refractivity contribution in [1.82, 2.24) is 4.90 Å². The fourth-order valence-electron chi connectivity index (χ4n) is 4.52. The SMILES string of the molecule is CCNc1ccc(C#N)cc1N=C1S/C(=C2\Sc3cc(NCCCC#N)ccc3N2C)C(=O)N1Cc1ccccc1. The number of carbonyl (C=O) groups excluding carboxylic acids is 1. The first-order valence-corrected chi connectivity index (χ1v) is 15.0. The number of rotatable bonds is 9. The summed E-state index contributed by atoms with van der Waals surface area (Å²) in [5, 5.41) is 26.4. The van der Waals surface area contributed by atoms with Crippen molar-refractivity contribution in [2.45, 2.75) is 31.2 Å². The van der Waals surface area contributed by atoms with Crippen molar-refractivity contribution in [3.8, 4) is 12.1 Å². The van der Waals surface area contributed by atoms with E-state index in [1.807, 2.05) is 56.4 Å². The Morgan fingerprint density at radius 1 is 1.00 bits per heavy atom. The van der Waals surface area contributed by atoms with E-state index < -0.39 is 0 Å². The van der Waals surface area contributed by atoms with Crippen molar-refractivity contribution in [3.05, 3.63) is 87.8 Å². The van der Waals surface area contributed by atoms with Gasteiger partial charge < -0.3 is 15.5 Å². The second-order valence-corrected chi connectivity index (χ2v) is 11.4. The number of unbranched alkanes of at least 4 members (excludes halogenated alkanes) is 1. The lowest BCUT2D eigenvalue weighted by Crippen LogP contribution is -2.29. The van der Waals surface area contributed by atoms with Gasteiger partial charge in [-0.15, -0.1) is 0 Å². The van der Waals surface area contributed by atoms with E-state index in [1.54, 1.807) is 28.8 Å². The molecule has 0 unspecified atom stereocenters. The number of nitrogens with zero attached hydrogens (tertiary/aromatic N) is 5. The van der Waals surface area contributed by atoms with Crippen LogP contribution in [0.4, 0.5) is 22.7 Å². The van der Waals surface area contributed by atoms with Gasteiger partial charge in [-0.2, -0.15) is 10.5 Å². The Labute approximate surface area is 248 Å². The van der Waals surface area contributed by atoms with E-state index in [0.717, 1.165) is 45.5 Å². The average molecular weight is 580 g/mol. The molecule has 1 fully saturated rings. The summed E-state index contributed by atoms with van der Waals surface area (Å²) in [5.41, 5.74) is 4.95. The number of amidine groups is 1. The third kappa shape index (κ3) is 6.19. The van der Waals surface area contributed by atoms with E-state index >= 15 is 0 Å². The van der Waals surface area contributed by atoms with Gasteiger partial charge in [0.1, 0.15) is 4.91 Å². The number of carbonyl (C=O) groups is 1. The highest BCUT2D eigenvalue weighted by molar-refractivity contribution is 8.19. The van der Waals surface area contributed by atoms with Crippen LogP contribution in [0, 0.1) is 22.7 Å². The molecule has 2 heterocycles. The summed E-state index contributed by atoms with van der Waals surface area (Å²) in [6.45, 7) is 3.82. The quantitative estimate of drug-likeness (QED) is 0.209. The summed E-state index contributed by atoms with van der Waals surface area (Å²) >= 11 is 2.93. The van der Waals surface area contributed by atoms with Crippen LogP contribution in [0.1, 0.15) is 30.9 Å². The van der Waals surface area contributed by atoms with Gasteiger partial charge in [-0.3, -0.25) is 9.69 Å². The molecule has 206 valence electrons. The molecule has 3 aromatic carbocycles. The molecule has 10 heteroatoms. The number of amides is 1. The second kappa shape index (κ2) is 12.9. The van der Waals surface area contributed by atoms with Gasteiger partial charge in [-0.25, -0.2) is 4.99 Å². The van der Waals surface area contributed by atoms with Gasteiger partial charge in [0.2, 0.25) is 0 Å². The molecule has 5 rings (SSSR count). The van der Waals surface area contributed by atoms with Gasteiger partial charge in [0.15, 0.2) is 5.17 Å². The van der Waals surface area contributed by atoms with E-state index in [2.05, 4.69) is 39.8 Å². The molecular weight excluding hydrogens is 551 g/mol. The maximum atomic E-state index is 14.0. The Morgan fingerprint density at radius 3 is 2.59 bits per heavy atom. The fraction of sp³-hybridized carbons (Fsp3) is 0.226. The zero-order valence-electron chi connectivity index (χ0n) is 22.8. The molecule has 3 aromatic rings. The van der Waals surface area contributed by atoms with Crippen molar-refractivity contribution in [2.24, 2.45) is 4.99 Å². The first-order chi connectivity index (χ1) is 20.0. The molecular formula is C31H29N7OS2. The van der Waals surface area contributed by atoms with Gasteiger partial charge in [-0.1, -0.05) is 42.1 Å². The van der Waals surface area contributed by atoms with Crippen LogP contribution in [0.2, 0.25) is 0 Å². The summed E-state index contributed by atoms with van der Waals surface area (Å²) in [5.74, 6) is -0.101. The number of benzene rings is 3. The molecule has 0 aliphatic carbocycles. The summed E-state index contributed by atoms with van der Waals surface area (Å²) < 4.78 is 0. The lowest BCUT2D eigenvalue weighted by Gasteiger charge is -2.17. The van der Waals surface area contributed by atoms with Crippen LogP contribution in [-0.2, 0) is 11.3 Å². The molecule has 0 radical (unpaired) electrons. The van der Waals surface area contributed by atoms with E-state index in [9.17, 15) is 10.1 Å². The van der Waals surface area contributed by atoms with Gasteiger partial charge in [0.25, 0.3) is 5.91 Å². The number of hydrogen-bond acceptors (Lipinski definition) is 9. The van der Waals surface area contributed by atoms with Crippen LogP contribution in [-0.4, -0.2) is 36.1 Å². The molecule has 8 nitrogen and oxygen atoms in total. The average Bonchev–Trinajstić information content (AvgIpc) is 3.47. The monoisotopic (exact) mass is 579 g/mol. The van der Waals surface area contributed by atoms with Crippen molar-refractivity contribution in [3.63, 3.8) is 0 Å². The fourth-order valence-corrected chi connectivity index (χ4v) is 6.90. The lowest BCUT2D eigenvalue weighted by atomic mass is 10.2. The maximum absolute atomic E-state index is 14.0. The Morgan fingerprint density at radius 2 is 1.83 bits per heavy atom. The van der Waals surface area contributed by atoms with Crippen molar-refractivity contribution in [1.29, 1.82) is 10.5 Å². The van der Waals surface area contributed by atoms with Crippen molar-refractivity contribution < 1.29 is 4.79 Å². The molecule has 2 aliphatic heterocycles. The Hall–Kier alpha value is -4.38. The highest BCUT2D eigenvalue weighted by atomic mass is 32.2. The number of fused-ring (bicyclic) bond motifs is 1. The highest BCUT2D eigenvalue weighted by Crippen LogP contribution is 2.51. The second-order valence-electron chi connectivity index (χ2n) is 9.41. The molecule has 1 saturated heterocycles. The Bertz CT molecular complexity index is 1600. The summed E-state index contributed by atoms with van der Waals surface area (Å²) in [6.07, 6.45) is 1.30. The number of nitriles is 2. The van der Waals surface area contributed by atoms with Gasteiger partial charge in [0, 0.05) is 37.1 Å². The molecule has 0 bridgehead atoms. The molecule has 41 heavy (non-hydrogen) atoms. The lowest BCUT2D eigenvalue weighted by molar-refractivity contribution is -0.122. The molecule has 1 amide bonds. The summed E-state index contributed by atoms with van der Waals surface area (Å²) in [6, 6.07) is 25.8. The first kappa shape index (κ1) is 28.2. The van der Waals surface area contributed by atoms with E-state index in [1.165, 1.54) is 11.8 Å². The van der Waals surface area contributed by atoms with Crippen LogP contribution in [0.15, 0.2) is 86.6 Å². The zero-order valence-corrected chi connectivity index (χ0v) is 24.5. The number of hydrogen-bond donors (Lipinski definition) is 2. The molecule has 0 spiro atoms. The van der Waals surface area contributed by atoms with E-state index in [0.29, 0.717) is 40.8 Å². The van der Waals surface area contributed by atoms with Crippen molar-refractivity contribution >= 4 is 57.3 Å². The zero-order chi connectivity index (χ0) is 28.8. The van der Waals surface area contributed by atoms with Gasteiger partial charge in [0.05, 0.1) is 46.3 Å². The number of nitrogens with one attached hydrogen (secondary N) is 2. The van der Waals surface area contributed by atoms with Gasteiger partial charge >= 0.3 is 0 Å². The molecule has 0 aromatic heterocycles. The minimum absolute atomic E-state index is 0.101. The topological polar surface area (TPSA) is 108 Å². The Kier molecular flexibility index (Phi) is 8.83. The van der Waals surface area contributed by atoms with Crippen LogP contribution in [0.3, 0.4) is 0 Å². The van der Waals surface area contributed by atoms with Crippen LogP contribution >= 0.6 is 23.5 Å². The predicted octanol–water partition coefficient (Wildman–Crippen LogP) is 6.88. The van der Waals surface area contributed by atoms with Crippen LogP contribution in [0.25, 0.3) is 0 Å². The molecule has 0 saturated carbocycles. The minimum atomic E-state index is -0.101. The molecule has 2 aliphatic rings. The highest BCUT2D eigenvalue weighted by Gasteiger charge is 2.39. The number of thioether (sulfide) groups is 2. The number of aliphatic imine (C=N–C) groups is 1. The maximum Gasteiger partial charge on any atom is 0.269 e. The molecule has 2 N–H and O–H groups in total. The van der Waals surface area contributed by atoms with Crippen LogP contribution < -0.4 is 15.5 Å². The summed E-state index contributed by atoms with van der Waals surface area (Å²) in [7, 11) is 1.98. The predicted molar refractivity (Wildman–Crippen MR) is 168 cm³/mol.